The highest BCUT2D eigenvalue weighted by Gasteiger charge is 2.13. The quantitative estimate of drug-likeness (QED) is 0.434. The highest BCUT2D eigenvalue weighted by Crippen LogP contribution is 2.22. The highest BCUT2D eigenvalue weighted by molar-refractivity contribution is 7.99. The first kappa shape index (κ1) is 20.6. The van der Waals surface area contributed by atoms with Gasteiger partial charge in [0.05, 0.1) is 15.1 Å². The monoisotopic (exact) mass is 432 g/mol. The number of hydrogen-bond acceptors (Lipinski definition) is 5. The van der Waals surface area contributed by atoms with Gasteiger partial charge in [0.1, 0.15) is 0 Å². The molecule has 146 valence electrons. The van der Waals surface area contributed by atoms with E-state index in [0.717, 1.165) is 20.9 Å². The number of rotatable bonds is 6. The fourth-order valence-electron chi connectivity index (χ4n) is 2.69. The summed E-state index contributed by atoms with van der Waals surface area (Å²) in [6.45, 7) is 6.31. The van der Waals surface area contributed by atoms with E-state index >= 15 is 0 Å². The summed E-state index contributed by atoms with van der Waals surface area (Å²) in [4.78, 5) is 18.8. The fourth-order valence-corrected chi connectivity index (χ4v) is 5.15. The number of hydrogen-bond donors (Lipinski definition) is 0. The Bertz CT molecular complexity index is 1200. The molecule has 1 amide bonds. The summed E-state index contributed by atoms with van der Waals surface area (Å²) in [5.41, 5.74) is 1.33. The minimum Gasteiger partial charge on any atom is -0.312 e. The topological polar surface area (TPSA) is 68.5 Å². The maximum atomic E-state index is 12.6. The van der Waals surface area contributed by atoms with Crippen LogP contribution in [0.2, 0.25) is 0 Å². The maximum absolute atomic E-state index is 12.6. The van der Waals surface area contributed by atoms with Crippen molar-refractivity contribution in [1.82, 2.24) is 4.57 Å². The van der Waals surface area contributed by atoms with Gasteiger partial charge in [-0.15, -0.1) is 18.3 Å². The van der Waals surface area contributed by atoms with Crippen molar-refractivity contribution in [1.29, 1.82) is 0 Å². The average Bonchev–Trinajstić information content (AvgIpc) is 2.99. The Morgan fingerprint density at radius 2 is 1.96 bits per heavy atom. The van der Waals surface area contributed by atoms with Crippen LogP contribution in [-0.2, 0) is 16.4 Å². The number of thiazole rings is 1. The molecule has 28 heavy (non-hydrogen) atoms. The summed E-state index contributed by atoms with van der Waals surface area (Å²) in [6, 6.07) is 12.3. The molecule has 5 nitrogen and oxygen atoms in total. The lowest BCUT2D eigenvalue weighted by Crippen LogP contribution is -2.16. The molecule has 0 aliphatic carbocycles. The Morgan fingerprint density at radius 3 is 2.57 bits per heavy atom. The van der Waals surface area contributed by atoms with Crippen LogP contribution in [0, 0.1) is 0 Å². The molecule has 0 spiro atoms. The molecular weight excluding hydrogens is 412 g/mol. The van der Waals surface area contributed by atoms with Crippen LogP contribution < -0.4 is 4.80 Å². The van der Waals surface area contributed by atoms with Gasteiger partial charge in [-0.25, -0.2) is 8.42 Å². The number of fused-ring (bicyclic) bond motifs is 1. The molecule has 0 unspecified atom stereocenters. The molecule has 0 atom stereocenters. The smallest absolute Gasteiger partial charge is 0.279 e. The Morgan fingerprint density at radius 1 is 1.25 bits per heavy atom. The van der Waals surface area contributed by atoms with Crippen LogP contribution in [0.25, 0.3) is 10.2 Å². The molecule has 2 aromatic carbocycles. The van der Waals surface area contributed by atoms with Gasteiger partial charge in [-0.3, -0.25) is 4.79 Å². The van der Waals surface area contributed by atoms with E-state index in [1.54, 1.807) is 48.2 Å². The van der Waals surface area contributed by atoms with Crippen molar-refractivity contribution in [2.75, 3.05) is 12.0 Å². The first-order valence-corrected chi connectivity index (χ1v) is 12.3. The van der Waals surface area contributed by atoms with Crippen LogP contribution >= 0.6 is 23.1 Å². The van der Waals surface area contributed by atoms with Crippen LogP contribution in [-0.4, -0.2) is 30.9 Å². The summed E-state index contributed by atoms with van der Waals surface area (Å²) >= 11 is 3.00. The van der Waals surface area contributed by atoms with E-state index < -0.39 is 9.84 Å². The molecule has 0 bridgehead atoms. The van der Waals surface area contributed by atoms with Gasteiger partial charge in [-0.05, 0) is 48.2 Å². The van der Waals surface area contributed by atoms with Crippen LogP contribution in [0.4, 0.5) is 0 Å². The second-order valence-corrected chi connectivity index (χ2v) is 10.4. The summed E-state index contributed by atoms with van der Waals surface area (Å²) in [6.07, 6.45) is 2.89. The molecule has 0 saturated heterocycles. The first-order valence-electron chi connectivity index (χ1n) is 8.59. The number of thioether (sulfide) groups is 1. The van der Waals surface area contributed by atoms with E-state index in [1.807, 2.05) is 16.7 Å². The zero-order valence-electron chi connectivity index (χ0n) is 15.6. The third-order valence-corrected chi connectivity index (χ3v) is 7.05. The Balaban J connectivity index is 2.08. The molecule has 0 saturated carbocycles. The molecule has 1 heterocycles. The number of aromatic nitrogens is 1. The molecule has 0 aliphatic rings. The highest BCUT2D eigenvalue weighted by atomic mass is 32.2. The molecule has 0 aliphatic heterocycles. The SMILES string of the molecule is C=CCn1c(=NC(=O)c2ccc(SCC)cc2)sc2cc(S(C)(=O)=O)ccc21. The summed E-state index contributed by atoms with van der Waals surface area (Å²) in [5.74, 6) is 0.636. The second-order valence-electron chi connectivity index (χ2n) is 6.06. The van der Waals surface area contributed by atoms with Gasteiger partial charge in [-0.1, -0.05) is 24.3 Å². The number of sulfone groups is 1. The number of benzene rings is 2. The number of carbonyl (C=O) groups is 1. The van der Waals surface area contributed by atoms with Crippen molar-refractivity contribution >= 4 is 49.1 Å². The normalized spacial score (nSPS) is 12.4. The predicted molar refractivity (Wildman–Crippen MR) is 116 cm³/mol. The van der Waals surface area contributed by atoms with Crippen molar-refractivity contribution < 1.29 is 13.2 Å². The number of amides is 1. The summed E-state index contributed by atoms with van der Waals surface area (Å²) in [7, 11) is -3.31. The van der Waals surface area contributed by atoms with Gasteiger partial charge < -0.3 is 4.57 Å². The Kier molecular flexibility index (Phi) is 6.22. The number of allylic oxidation sites excluding steroid dienone is 1. The third-order valence-electron chi connectivity index (χ3n) is 4.00. The predicted octanol–water partition coefficient (Wildman–Crippen LogP) is 4.15. The molecular formula is C20H20N2O3S3. The average molecular weight is 433 g/mol. The molecule has 0 fully saturated rings. The van der Waals surface area contributed by atoms with Crippen LogP contribution in [0.5, 0.6) is 0 Å². The summed E-state index contributed by atoms with van der Waals surface area (Å²) in [5, 5.41) is 0. The van der Waals surface area contributed by atoms with Crippen molar-refractivity contribution in [3.05, 3.63) is 65.5 Å². The molecule has 3 aromatic rings. The lowest BCUT2D eigenvalue weighted by molar-refractivity contribution is 0.0998. The molecule has 0 N–H and O–H groups in total. The Labute approximate surface area is 172 Å². The minimum atomic E-state index is -3.31. The molecule has 8 heteroatoms. The van der Waals surface area contributed by atoms with Gasteiger partial charge in [0, 0.05) is 23.3 Å². The van der Waals surface area contributed by atoms with E-state index in [-0.39, 0.29) is 10.8 Å². The van der Waals surface area contributed by atoms with E-state index in [0.29, 0.717) is 16.9 Å². The fraction of sp³-hybridized carbons (Fsp3) is 0.200. The van der Waals surface area contributed by atoms with Crippen molar-refractivity contribution in [3.63, 3.8) is 0 Å². The van der Waals surface area contributed by atoms with Gasteiger partial charge >= 0.3 is 0 Å². The van der Waals surface area contributed by atoms with E-state index in [2.05, 4.69) is 18.5 Å². The minimum absolute atomic E-state index is 0.244. The van der Waals surface area contributed by atoms with Gasteiger partial charge in [0.15, 0.2) is 14.6 Å². The molecule has 0 radical (unpaired) electrons. The Hall–Kier alpha value is -2.16. The second kappa shape index (κ2) is 8.46. The van der Waals surface area contributed by atoms with Crippen molar-refractivity contribution in [2.45, 2.75) is 23.3 Å². The largest absolute Gasteiger partial charge is 0.312 e. The van der Waals surface area contributed by atoms with Crippen molar-refractivity contribution in [2.24, 2.45) is 4.99 Å². The van der Waals surface area contributed by atoms with E-state index in [1.165, 1.54) is 17.6 Å². The molecule has 1 aromatic heterocycles. The number of carbonyl (C=O) groups excluding carboxylic acids is 1. The van der Waals surface area contributed by atoms with Crippen LogP contribution in [0.15, 0.2) is 69.9 Å². The third kappa shape index (κ3) is 4.45. The lowest BCUT2D eigenvalue weighted by atomic mass is 10.2. The van der Waals surface area contributed by atoms with Crippen molar-refractivity contribution in [3.8, 4) is 0 Å². The van der Waals surface area contributed by atoms with Crippen LogP contribution in [0.3, 0.4) is 0 Å². The first-order chi connectivity index (χ1) is 13.3. The molecule has 3 rings (SSSR count). The van der Waals surface area contributed by atoms with E-state index in [9.17, 15) is 13.2 Å². The lowest BCUT2D eigenvalue weighted by Gasteiger charge is -2.02. The van der Waals surface area contributed by atoms with Gasteiger partial charge in [0.25, 0.3) is 5.91 Å². The zero-order chi connectivity index (χ0) is 20.3. The number of nitrogens with zero attached hydrogens (tertiary/aromatic N) is 2. The maximum Gasteiger partial charge on any atom is 0.279 e. The van der Waals surface area contributed by atoms with Gasteiger partial charge in [-0.2, -0.15) is 4.99 Å². The van der Waals surface area contributed by atoms with Crippen LogP contribution in [0.1, 0.15) is 17.3 Å². The standard InChI is InChI=1S/C20H20N2O3S3/c1-4-12-22-17-11-10-16(28(3,24)25)13-18(17)27-20(22)21-19(23)14-6-8-15(9-7-14)26-5-2/h4,6-11,13H,1,5,12H2,2-3H3. The van der Waals surface area contributed by atoms with E-state index in [4.69, 9.17) is 0 Å². The van der Waals surface area contributed by atoms with Gasteiger partial charge in [0.2, 0.25) is 0 Å². The zero-order valence-corrected chi connectivity index (χ0v) is 18.0. The summed E-state index contributed by atoms with van der Waals surface area (Å²) < 4.78 is 26.3.